The second-order valence-electron chi connectivity index (χ2n) is 5.84. The Morgan fingerprint density at radius 1 is 0.625 bits per heavy atom. The molecule has 0 saturated carbocycles. The number of nitrogens with zero attached hydrogens (tertiary/aromatic N) is 1. The first kappa shape index (κ1) is 15.2. The summed E-state index contributed by atoms with van der Waals surface area (Å²) in [6, 6.07) is 30.5. The van der Waals surface area contributed by atoms with Crippen LogP contribution in [0.4, 0.5) is 11.4 Å². The monoisotopic (exact) mass is 329 g/mol. The number of hydrogen-bond acceptors (Lipinski definition) is 1. The van der Waals surface area contributed by atoms with E-state index in [4.69, 9.17) is 0 Å². The van der Waals surface area contributed by atoms with E-state index in [1.165, 1.54) is 32.9 Å². The zero-order valence-corrected chi connectivity index (χ0v) is 14.7. The van der Waals surface area contributed by atoms with Crippen LogP contribution < -0.4 is 4.67 Å². The number of anilines is 2. The minimum absolute atomic E-state index is 0.721. The molecular formula is C22H20NP. The third kappa shape index (κ3) is 2.66. The molecule has 1 unspecified atom stereocenters. The summed E-state index contributed by atoms with van der Waals surface area (Å²) in [6.07, 6.45) is 1.13. The SMILES string of the molecule is CCPN(c1cccc2ccccc12)c1cccc2ccccc12. The van der Waals surface area contributed by atoms with Gasteiger partial charge in [-0.1, -0.05) is 79.7 Å². The van der Waals surface area contributed by atoms with Crippen LogP contribution in [0.3, 0.4) is 0 Å². The van der Waals surface area contributed by atoms with Crippen LogP contribution in [0.25, 0.3) is 21.5 Å². The molecule has 24 heavy (non-hydrogen) atoms. The highest BCUT2D eigenvalue weighted by atomic mass is 31.1. The van der Waals surface area contributed by atoms with Crippen LogP contribution in [0.2, 0.25) is 0 Å². The molecule has 0 bridgehead atoms. The first-order chi connectivity index (χ1) is 11.9. The summed E-state index contributed by atoms with van der Waals surface area (Å²) in [6.45, 7) is 2.25. The van der Waals surface area contributed by atoms with Crippen molar-refractivity contribution in [1.82, 2.24) is 0 Å². The van der Waals surface area contributed by atoms with E-state index in [9.17, 15) is 0 Å². The van der Waals surface area contributed by atoms with Crippen molar-refractivity contribution in [3.8, 4) is 0 Å². The van der Waals surface area contributed by atoms with Gasteiger partial charge in [0.05, 0.1) is 11.4 Å². The maximum Gasteiger partial charge on any atom is 0.0523 e. The predicted molar refractivity (Wildman–Crippen MR) is 109 cm³/mol. The molecule has 0 aliphatic rings. The molecule has 2 heteroatoms. The van der Waals surface area contributed by atoms with Crippen LogP contribution in [-0.2, 0) is 0 Å². The Bertz CT molecular complexity index is 903. The summed E-state index contributed by atoms with van der Waals surface area (Å²) in [5.41, 5.74) is 2.59. The van der Waals surface area contributed by atoms with Crippen molar-refractivity contribution in [3.63, 3.8) is 0 Å². The Kier molecular flexibility index (Phi) is 4.19. The van der Waals surface area contributed by atoms with Crippen molar-refractivity contribution < 1.29 is 0 Å². The third-order valence-electron chi connectivity index (χ3n) is 4.33. The average molecular weight is 329 g/mol. The van der Waals surface area contributed by atoms with Crippen LogP contribution in [0.15, 0.2) is 84.9 Å². The predicted octanol–water partition coefficient (Wildman–Crippen LogP) is 6.74. The highest BCUT2D eigenvalue weighted by Gasteiger charge is 2.14. The van der Waals surface area contributed by atoms with E-state index in [2.05, 4.69) is 96.5 Å². The van der Waals surface area contributed by atoms with E-state index < -0.39 is 0 Å². The highest BCUT2D eigenvalue weighted by molar-refractivity contribution is 7.40. The van der Waals surface area contributed by atoms with Gasteiger partial charge >= 0.3 is 0 Å². The number of rotatable bonds is 4. The number of fused-ring (bicyclic) bond motifs is 2. The Labute approximate surface area is 144 Å². The zero-order chi connectivity index (χ0) is 16.4. The summed E-state index contributed by atoms with van der Waals surface area (Å²) in [5.74, 6) is 0. The quantitative estimate of drug-likeness (QED) is 0.375. The lowest BCUT2D eigenvalue weighted by Crippen LogP contribution is -2.06. The normalized spacial score (nSPS) is 11.5. The molecule has 4 rings (SSSR count). The lowest BCUT2D eigenvalue weighted by atomic mass is 10.1. The lowest BCUT2D eigenvalue weighted by molar-refractivity contribution is 1.42. The molecule has 0 aliphatic heterocycles. The maximum atomic E-state index is 2.49. The van der Waals surface area contributed by atoms with E-state index >= 15 is 0 Å². The Morgan fingerprint density at radius 3 is 1.58 bits per heavy atom. The molecule has 0 aromatic heterocycles. The van der Waals surface area contributed by atoms with Crippen LogP contribution in [0.5, 0.6) is 0 Å². The molecule has 0 amide bonds. The fraction of sp³-hybridized carbons (Fsp3) is 0.0909. The summed E-state index contributed by atoms with van der Waals surface area (Å²) in [7, 11) is 0.721. The Hall–Kier alpha value is -2.37. The number of benzene rings is 4. The van der Waals surface area contributed by atoms with Crippen LogP contribution >= 0.6 is 8.73 Å². The largest absolute Gasteiger partial charge is 0.322 e. The maximum absolute atomic E-state index is 2.49. The minimum Gasteiger partial charge on any atom is -0.322 e. The molecule has 0 spiro atoms. The van der Waals surface area contributed by atoms with Crippen molar-refractivity contribution in [2.45, 2.75) is 6.92 Å². The van der Waals surface area contributed by atoms with Gasteiger partial charge < -0.3 is 4.67 Å². The standard InChI is InChI=1S/C22H20NP/c1-2-24-23(21-15-7-11-17-9-3-5-13-19(17)21)22-16-8-12-18-10-4-6-14-20(18)22/h3-16,24H,2H2,1H3. The second-order valence-corrected chi connectivity index (χ2v) is 7.31. The van der Waals surface area contributed by atoms with Gasteiger partial charge in [-0.2, -0.15) is 0 Å². The molecule has 118 valence electrons. The van der Waals surface area contributed by atoms with E-state index in [-0.39, 0.29) is 0 Å². The first-order valence-electron chi connectivity index (χ1n) is 8.37. The molecule has 4 aromatic rings. The van der Waals surface area contributed by atoms with E-state index in [1.54, 1.807) is 0 Å². The summed E-state index contributed by atoms with van der Waals surface area (Å²) >= 11 is 0. The van der Waals surface area contributed by atoms with Gasteiger partial charge in [-0.3, -0.25) is 0 Å². The lowest BCUT2D eigenvalue weighted by Gasteiger charge is -2.27. The summed E-state index contributed by atoms with van der Waals surface area (Å²) in [5, 5.41) is 5.21. The Morgan fingerprint density at radius 2 is 1.08 bits per heavy atom. The fourth-order valence-electron chi connectivity index (χ4n) is 3.26. The third-order valence-corrected chi connectivity index (χ3v) is 5.45. The van der Waals surface area contributed by atoms with Gasteiger partial charge in [0, 0.05) is 10.8 Å². The molecule has 0 radical (unpaired) electrons. The van der Waals surface area contributed by atoms with Gasteiger partial charge in [0.25, 0.3) is 0 Å². The van der Waals surface area contributed by atoms with Gasteiger partial charge in [0.1, 0.15) is 0 Å². The zero-order valence-electron chi connectivity index (χ0n) is 13.7. The fourth-order valence-corrected chi connectivity index (χ4v) is 4.31. The van der Waals surface area contributed by atoms with Crippen LogP contribution in [0.1, 0.15) is 6.92 Å². The van der Waals surface area contributed by atoms with Crippen LogP contribution in [0, 0.1) is 0 Å². The molecule has 1 atom stereocenters. The Balaban J connectivity index is 1.96. The van der Waals surface area contributed by atoms with Gasteiger partial charge in [0.2, 0.25) is 0 Å². The van der Waals surface area contributed by atoms with Crippen molar-refractivity contribution in [3.05, 3.63) is 84.9 Å². The van der Waals surface area contributed by atoms with E-state index in [1.807, 2.05) is 0 Å². The minimum atomic E-state index is 0.721. The average Bonchev–Trinajstić information content (AvgIpc) is 2.65. The smallest absolute Gasteiger partial charge is 0.0523 e. The molecule has 0 saturated heterocycles. The van der Waals surface area contributed by atoms with Gasteiger partial charge in [-0.05, 0) is 37.8 Å². The summed E-state index contributed by atoms with van der Waals surface area (Å²) < 4.78 is 2.49. The summed E-state index contributed by atoms with van der Waals surface area (Å²) in [4.78, 5) is 0. The van der Waals surface area contributed by atoms with Crippen LogP contribution in [-0.4, -0.2) is 6.16 Å². The molecular weight excluding hydrogens is 309 g/mol. The molecule has 0 aliphatic carbocycles. The van der Waals surface area contributed by atoms with Gasteiger partial charge in [-0.15, -0.1) is 0 Å². The van der Waals surface area contributed by atoms with Gasteiger partial charge in [0.15, 0.2) is 0 Å². The van der Waals surface area contributed by atoms with Gasteiger partial charge in [-0.25, -0.2) is 0 Å². The first-order valence-corrected chi connectivity index (χ1v) is 9.53. The number of hydrogen-bond donors (Lipinski definition) is 0. The molecule has 0 fully saturated rings. The highest BCUT2D eigenvalue weighted by Crippen LogP contribution is 2.42. The van der Waals surface area contributed by atoms with Crippen molar-refractivity contribution in [2.24, 2.45) is 0 Å². The van der Waals surface area contributed by atoms with E-state index in [0.717, 1.165) is 14.9 Å². The van der Waals surface area contributed by atoms with Crippen molar-refractivity contribution in [2.75, 3.05) is 10.8 Å². The van der Waals surface area contributed by atoms with Crippen molar-refractivity contribution in [1.29, 1.82) is 0 Å². The van der Waals surface area contributed by atoms with Crippen molar-refractivity contribution >= 4 is 41.7 Å². The molecule has 1 nitrogen and oxygen atoms in total. The molecule has 0 heterocycles. The van der Waals surface area contributed by atoms with E-state index in [0.29, 0.717) is 0 Å². The second kappa shape index (κ2) is 6.63. The molecule has 0 N–H and O–H groups in total. The molecule has 4 aromatic carbocycles. The topological polar surface area (TPSA) is 3.24 Å².